The van der Waals surface area contributed by atoms with Crippen LogP contribution in [0, 0.1) is 5.92 Å². The second-order valence-electron chi connectivity index (χ2n) is 6.45. The fourth-order valence-corrected chi connectivity index (χ4v) is 2.93. The van der Waals surface area contributed by atoms with Crippen LogP contribution in [0.3, 0.4) is 0 Å². The Balaban J connectivity index is 1.70. The molecule has 0 radical (unpaired) electrons. The van der Waals surface area contributed by atoms with E-state index in [9.17, 15) is 4.79 Å². The number of pyridine rings is 1. The molecule has 0 aliphatic heterocycles. The molecule has 1 amide bonds. The van der Waals surface area contributed by atoms with Crippen LogP contribution < -0.4 is 5.32 Å². The largest absolute Gasteiger partial charge is 0.352 e. The molecule has 0 atom stereocenters. The van der Waals surface area contributed by atoms with Gasteiger partial charge in [-0.1, -0.05) is 32.0 Å². The monoisotopic (exact) mass is 321 g/mol. The minimum atomic E-state index is -0.0281. The number of amides is 1. The molecule has 3 rings (SSSR count). The van der Waals surface area contributed by atoms with Gasteiger partial charge in [0.05, 0.1) is 0 Å². The summed E-state index contributed by atoms with van der Waals surface area (Å²) in [5, 5.41) is 4.17. The molecule has 124 valence electrons. The first-order valence-corrected chi connectivity index (χ1v) is 8.41. The lowest BCUT2D eigenvalue weighted by molar-refractivity contribution is 0.0954. The van der Waals surface area contributed by atoms with Crippen LogP contribution >= 0.6 is 0 Å². The highest BCUT2D eigenvalue weighted by Gasteiger charge is 2.11. The summed E-state index contributed by atoms with van der Waals surface area (Å²) in [5.74, 6) is 0.535. The highest BCUT2D eigenvalue weighted by Crippen LogP contribution is 2.20. The maximum absolute atomic E-state index is 12.1. The lowest BCUT2D eigenvalue weighted by atomic mass is 10.1. The number of nitrogens with zero attached hydrogens (tertiary/aromatic N) is 2. The van der Waals surface area contributed by atoms with E-state index in [2.05, 4.69) is 41.0 Å². The van der Waals surface area contributed by atoms with E-state index in [4.69, 9.17) is 0 Å². The summed E-state index contributed by atoms with van der Waals surface area (Å²) in [5.41, 5.74) is 2.95. The molecule has 24 heavy (non-hydrogen) atoms. The summed E-state index contributed by atoms with van der Waals surface area (Å²) in [6.45, 7) is 5.97. The minimum Gasteiger partial charge on any atom is -0.352 e. The van der Waals surface area contributed by atoms with Crippen molar-refractivity contribution in [3.63, 3.8) is 0 Å². The maximum Gasteiger partial charge on any atom is 0.251 e. The first-order valence-electron chi connectivity index (χ1n) is 8.41. The molecular formula is C20H23N3O. The lowest BCUT2D eigenvalue weighted by Gasteiger charge is -2.06. The summed E-state index contributed by atoms with van der Waals surface area (Å²) >= 11 is 0. The molecular weight excluding hydrogens is 298 g/mol. The van der Waals surface area contributed by atoms with Gasteiger partial charge in [0.15, 0.2) is 0 Å². The third kappa shape index (κ3) is 3.65. The van der Waals surface area contributed by atoms with Gasteiger partial charge in [0.2, 0.25) is 0 Å². The fourth-order valence-electron chi connectivity index (χ4n) is 2.93. The van der Waals surface area contributed by atoms with E-state index >= 15 is 0 Å². The Morgan fingerprint density at radius 2 is 1.96 bits per heavy atom. The molecule has 4 nitrogen and oxygen atoms in total. The Labute approximate surface area is 142 Å². The SMILES string of the molecule is CC(C)Cn1cc(CCNC(=O)c2ccccc2)c2cccnc21. The molecule has 0 spiro atoms. The van der Waals surface area contributed by atoms with Crippen LogP contribution in [0.15, 0.2) is 54.9 Å². The highest BCUT2D eigenvalue weighted by atomic mass is 16.1. The Bertz CT molecular complexity index is 821. The van der Waals surface area contributed by atoms with E-state index in [0.29, 0.717) is 18.0 Å². The zero-order valence-electron chi connectivity index (χ0n) is 14.2. The number of fused-ring (bicyclic) bond motifs is 1. The van der Waals surface area contributed by atoms with Crippen molar-refractivity contribution in [2.45, 2.75) is 26.8 Å². The van der Waals surface area contributed by atoms with Crippen molar-refractivity contribution >= 4 is 16.9 Å². The van der Waals surface area contributed by atoms with Gasteiger partial charge in [-0.3, -0.25) is 4.79 Å². The molecule has 0 saturated heterocycles. The van der Waals surface area contributed by atoms with Crippen molar-refractivity contribution in [1.29, 1.82) is 0 Å². The van der Waals surface area contributed by atoms with Crippen molar-refractivity contribution in [3.8, 4) is 0 Å². The number of carbonyl (C=O) groups excluding carboxylic acids is 1. The summed E-state index contributed by atoms with van der Waals surface area (Å²) in [4.78, 5) is 16.6. The number of hydrogen-bond acceptors (Lipinski definition) is 2. The van der Waals surface area contributed by atoms with Crippen LogP contribution in [0.5, 0.6) is 0 Å². The van der Waals surface area contributed by atoms with Crippen molar-refractivity contribution in [1.82, 2.24) is 14.9 Å². The molecule has 4 heteroatoms. The van der Waals surface area contributed by atoms with Crippen molar-refractivity contribution in [3.05, 3.63) is 66.0 Å². The van der Waals surface area contributed by atoms with Gasteiger partial charge >= 0.3 is 0 Å². The second kappa shape index (κ2) is 7.30. The Morgan fingerprint density at radius 3 is 2.71 bits per heavy atom. The van der Waals surface area contributed by atoms with Crippen LogP contribution in [-0.2, 0) is 13.0 Å². The van der Waals surface area contributed by atoms with E-state index in [-0.39, 0.29) is 5.91 Å². The van der Waals surface area contributed by atoms with Gasteiger partial charge in [0.1, 0.15) is 5.65 Å². The first-order chi connectivity index (χ1) is 11.6. The van der Waals surface area contributed by atoms with E-state index in [1.54, 1.807) is 0 Å². The normalized spacial score (nSPS) is 11.1. The molecule has 0 fully saturated rings. The first kappa shape index (κ1) is 16.2. The molecule has 2 heterocycles. The Kier molecular flexibility index (Phi) is 4.94. The number of carbonyl (C=O) groups is 1. The van der Waals surface area contributed by atoms with E-state index in [1.807, 2.05) is 42.6 Å². The van der Waals surface area contributed by atoms with Crippen LogP contribution in [-0.4, -0.2) is 22.0 Å². The van der Waals surface area contributed by atoms with Gasteiger partial charge in [-0.05, 0) is 42.2 Å². The summed E-state index contributed by atoms with van der Waals surface area (Å²) in [7, 11) is 0. The molecule has 1 N–H and O–H groups in total. The number of benzene rings is 1. The van der Waals surface area contributed by atoms with Gasteiger partial charge in [-0.25, -0.2) is 4.98 Å². The molecule has 2 aromatic heterocycles. The minimum absolute atomic E-state index is 0.0281. The van der Waals surface area contributed by atoms with Gasteiger partial charge in [0.25, 0.3) is 5.91 Å². The summed E-state index contributed by atoms with van der Waals surface area (Å²) in [6, 6.07) is 13.4. The summed E-state index contributed by atoms with van der Waals surface area (Å²) in [6.07, 6.45) is 4.80. The molecule has 0 aliphatic carbocycles. The van der Waals surface area contributed by atoms with Crippen molar-refractivity contribution < 1.29 is 4.79 Å². The van der Waals surface area contributed by atoms with Crippen molar-refractivity contribution in [2.75, 3.05) is 6.54 Å². The molecule has 1 aromatic carbocycles. The zero-order valence-corrected chi connectivity index (χ0v) is 14.2. The van der Waals surface area contributed by atoms with Gasteiger partial charge < -0.3 is 9.88 Å². The highest BCUT2D eigenvalue weighted by molar-refractivity contribution is 5.94. The Morgan fingerprint density at radius 1 is 1.17 bits per heavy atom. The van der Waals surface area contributed by atoms with Gasteiger partial charge in [0, 0.05) is 36.4 Å². The predicted octanol–water partition coefficient (Wildman–Crippen LogP) is 3.66. The molecule has 0 unspecified atom stereocenters. The Hall–Kier alpha value is -2.62. The van der Waals surface area contributed by atoms with E-state index < -0.39 is 0 Å². The molecule has 0 aliphatic rings. The maximum atomic E-state index is 12.1. The predicted molar refractivity (Wildman–Crippen MR) is 97.1 cm³/mol. The third-order valence-electron chi connectivity index (χ3n) is 3.99. The average molecular weight is 321 g/mol. The van der Waals surface area contributed by atoms with Gasteiger partial charge in [-0.15, -0.1) is 0 Å². The third-order valence-corrected chi connectivity index (χ3v) is 3.99. The van der Waals surface area contributed by atoms with Crippen LogP contribution in [0.4, 0.5) is 0 Å². The number of hydrogen-bond donors (Lipinski definition) is 1. The zero-order chi connectivity index (χ0) is 16.9. The lowest BCUT2D eigenvalue weighted by Crippen LogP contribution is -2.25. The van der Waals surface area contributed by atoms with E-state index in [1.165, 1.54) is 10.9 Å². The second-order valence-corrected chi connectivity index (χ2v) is 6.45. The average Bonchev–Trinajstić information content (AvgIpc) is 2.93. The number of nitrogens with one attached hydrogen (secondary N) is 1. The number of rotatable bonds is 6. The topological polar surface area (TPSA) is 46.9 Å². The van der Waals surface area contributed by atoms with Crippen LogP contribution in [0.25, 0.3) is 11.0 Å². The number of aromatic nitrogens is 2. The molecule has 0 bridgehead atoms. The molecule has 0 saturated carbocycles. The van der Waals surface area contributed by atoms with Crippen LogP contribution in [0.2, 0.25) is 0 Å². The van der Waals surface area contributed by atoms with Gasteiger partial charge in [-0.2, -0.15) is 0 Å². The van der Waals surface area contributed by atoms with E-state index in [0.717, 1.165) is 18.6 Å². The molecule has 3 aromatic rings. The fraction of sp³-hybridized carbons (Fsp3) is 0.300. The van der Waals surface area contributed by atoms with Crippen LogP contribution in [0.1, 0.15) is 29.8 Å². The quantitative estimate of drug-likeness (QED) is 0.753. The smallest absolute Gasteiger partial charge is 0.251 e. The standard InChI is InChI=1S/C20H23N3O/c1-15(2)13-23-14-17(18-9-6-11-21-19(18)23)10-12-22-20(24)16-7-4-3-5-8-16/h3-9,11,14-15H,10,12-13H2,1-2H3,(H,22,24). The summed E-state index contributed by atoms with van der Waals surface area (Å²) < 4.78 is 2.22. The van der Waals surface area contributed by atoms with Crippen molar-refractivity contribution in [2.24, 2.45) is 5.92 Å².